The van der Waals surface area contributed by atoms with E-state index in [9.17, 15) is 9.90 Å². The number of carbonyl (C=O) groups excluding carboxylic acids is 1. The number of rotatable bonds is 7. The van der Waals surface area contributed by atoms with Crippen LogP contribution in [0.15, 0.2) is 36.9 Å². The van der Waals surface area contributed by atoms with Crippen molar-refractivity contribution >= 4 is 11.7 Å². The summed E-state index contributed by atoms with van der Waals surface area (Å²) in [6.45, 7) is 11.6. The van der Waals surface area contributed by atoms with E-state index in [2.05, 4.69) is 23.4 Å². The molecule has 1 aromatic heterocycles. The lowest BCUT2D eigenvalue weighted by Gasteiger charge is -2.35. The molecular formula is C26H35N5O3. The van der Waals surface area contributed by atoms with Crippen LogP contribution in [0.1, 0.15) is 37.0 Å². The third kappa shape index (κ3) is 5.23. The van der Waals surface area contributed by atoms with Crippen LogP contribution in [0.3, 0.4) is 0 Å². The van der Waals surface area contributed by atoms with Crippen molar-refractivity contribution in [1.82, 2.24) is 19.8 Å². The lowest BCUT2D eigenvalue weighted by molar-refractivity contribution is -0.126. The molecule has 2 aliphatic rings. The number of aliphatic hydroxyl groups excluding tert-OH is 1. The summed E-state index contributed by atoms with van der Waals surface area (Å²) in [4.78, 5) is 28.0. The van der Waals surface area contributed by atoms with Crippen molar-refractivity contribution < 1.29 is 14.6 Å². The van der Waals surface area contributed by atoms with Gasteiger partial charge in [0.25, 0.3) is 0 Å². The van der Waals surface area contributed by atoms with Gasteiger partial charge in [-0.25, -0.2) is 0 Å². The fourth-order valence-corrected chi connectivity index (χ4v) is 4.71. The highest BCUT2D eigenvalue weighted by Crippen LogP contribution is 2.32. The molecule has 3 heterocycles. The van der Waals surface area contributed by atoms with Gasteiger partial charge >= 0.3 is 6.01 Å². The van der Waals surface area contributed by atoms with Crippen molar-refractivity contribution in [2.24, 2.45) is 0 Å². The summed E-state index contributed by atoms with van der Waals surface area (Å²) in [5.41, 5.74) is 3.51. The zero-order valence-electron chi connectivity index (χ0n) is 20.4. The van der Waals surface area contributed by atoms with Crippen LogP contribution in [-0.4, -0.2) is 83.2 Å². The number of aromatic nitrogens is 2. The number of ether oxygens (including phenoxy) is 1. The highest BCUT2D eigenvalue weighted by atomic mass is 16.5. The van der Waals surface area contributed by atoms with E-state index in [1.165, 1.54) is 12.5 Å². The highest BCUT2D eigenvalue weighted by Gasteiger charge is 2.26. The van der Waals surface area contributed by atoms with E-state index in [1.54, 1.807) is 11.8 Å². The minimum absolute atomic E-state index is 0.0422. The third-order valence-electron chi connectivity index (χ3n) is 6.88. The Balaban J connectivity index is 1.65. The summed E-state index contributed by atoms with van der Waals surface area (Å²) in [5.74, 6) is 0.785. The smallest absolute Gasteiger partial charge is 0.319 e. The molecule has 34 heavy (non-hydrogen) atoms. The summed E-state index contributed by atoms with van der Waals surface area (Å²) in [5, 5.41) is 10.1. The van der Waals surface area contributed by atoms with Gasteiger partial charge in [-0.05, 0) is 58.0 Å². The van der Waals surface area contributed by atoms with Crippen LogP contribution >= 0.6 is 0 Å². The Labute approximate surface area is 201 Å². The van der Waals surface area contributed by atoms with Crippen molar-refractivity contribution in [2.45, 2.75) is 38.8 Å². The fraction of sp³-hybridized carbons (Fsp3) is 0.500. The second-order valence-electron chi connectivity index (χ2n) is 9.21. The molecule has 0 bridgehead atoms. The van der Waals surface area contributed by atoms with Gasteiger partial charge in [0.2, 0.25) is 5.91 Å². The van der Waals surface area contributed by atoms with Gasteiger partial charge in [-0.2, -0.15) is 9.97 Å². The third-order valence-corrected chi connectivity index (χ3v) is 6.88. The number of hydrogen-bond acceptors (Lipinski definition) is 7. The quantitative estimate of drug-likeness (QED) is 0.630. The van der Waals surface area contributed by atoms with E-state index in [1.807, 2.05) is 31.2 Å². The minimum Gasteiger partial charge on any atom is -0.462 e. The first-order chi connectivity index (χ1) is 16.4. The van der Waals surface area contributed by atoms with Crippen molar-refractivity contribution in [2.75, 3.05) is 51.3 Å². The molecule has 1 aromatic carbocycles. The number of likely N-dealkylation sites (tertiary alicyclic amines) is 1. The van der Waals surface area contributed by atoms with Gasteiger partial charge in [-0.15, -0.1) is 0 Å². The first-order valence-corrected chi connectivity index (χ1v) is 12.0. The Kier molecular flexibility index (Phi) is 7.48. The molecule has 2 aromatic rings. The van der Waals surface area contributed by atoms with Crippen molar-refractivity contribution in [1.29, 1.82) is 0 Å². The zero-order valence-corrected chi connectivity index (χ0v) is 20.4. The molecule has 0 spiro atoms. The molecule has 1 N–H and O–H groups in total. The molecule has 2 fully saturated rings. The number of benzene rings is 1. The van der Waals surface area contributed by atoms with Gasteiger partial charge < -0.3 is 24.5 Å². The molecular weight excluding hydrogens is 430 g/mol. The van der Waals surface area contributed by atoms with Crippen LogP contribution in [0.2, 0.25) is 0 Å². The molecule has 2 aliphatic heterocycles. The number of piperazine rings is 1. The molecule has 8 heteroatoms. The van der Waals surface area contributed by atoms with Crippen LogP contribution in [0.25, 0.3) is 11.3 Å². The van der Waals surface area contributed by atoms with Crippen LogP contribution in [-0.2, 0) is 4.79 Å². The van der Waals surface area contributed by atoms with Gasteiger partial charge in [0.15, 0.2) is 0 Å². The predicted octanol–water partition coefficient (Wildman–Crippen LogP) is 2.81. The molecule has 0 radical (unpaired) electrons. The van der Waals surface area contributed by atoms with Gasteiger partial charge in [0.05, 0.1) is 11.8 Å². The van der Waals surface area contributed by atoms with Crippen molar-refractivity contribution in [3.8, 4) is 17.3 Å². The Morgan fingerprint density at radius 1 is 1.26 bits per heavy atom. The lowest BCUT2D eigenvalue weighted by atomic mass is 10.0. The summed E-state index contributed by atoms with van der Waals surface area (Å²) in [6, 6.07) is 8.55. The molecule has 4 rings (SSSR count). The number of nitrogens with zero attached hydrogens (tertiary/aromatic N) is 5. The minimum atomic E-state index is -0.564. The average molecular weight is 466 g/mol. The van der Waals surface area contributed by atoms with Crippen LogP contribution in [0.5, 0.6) is 6.01 Å². The molecule has 0 saturated carbocycles. The molecule has 1 unspecified atom stereocenters. The first kappa shape index (κ1) is 24.2. The van der Waals surface area contributed by atoms with Crippen LogP contribution in [0, 0.1) is 6.92 Å². The van der Waals surface area contributed by atoms with Gasteiger partial charge in [-0.3, -0.25) is 4.79 Å². The van der Waals surface area contributed by atoms with Crippen molar-refractivity contribution in [3.05, 3.63) is 48.0 Å². The number of amides is 1. The van der Waals surface area contributed by atoms with Gasteiger partial charge in [0, 0.05) is 43.3 Å². The van der Waals surface area contributed by atoms with E-state index >= 15 is 0 Å². The fourth-order valence-electron chi connectivity index (χ4n) is 4.71. The molecule has 8 nitrogen and oxygen atoms in total. The van der Waals surface area contributed by atoms with Crippen LogP contribution < -0.4 is 9.64 Å². The number of anilines is 1. The topological polar surface area (TPSA) is 82.0 Å². The normalized spacial score (nSPS) is 19.8. The van der Waals surface area contributed by atoms with E-state index in [0.717, 1.165) is 41.2 Å². The summed E-state index contributed by atoms with van der Waals surface area (Å²) < 4.78 is 6.15. The first-order valence-electron chi connectivity index (χ1n) is 12.0. The summed E-state index contributed by atoms with van der Waals surface area (Å²) >= 11 is 0. The second kappa shape index (κ2) is 10.5. The summed E-state index contributed by atoms with van der Waals surface area (Å²) in [7, 11) is 2.12. The Hall–Kier alpha value is -2.97. The van der Waals surface area contributed by atoms with Crippen LogP contribution in [0.4, 0.5) is 5.82 Å². The maximum absolute atomic E-state index is 12.0. The van der Waals surface area contributed by atoms with E-state index in [0.29, 0.717) is 44.8 Å². The maximum atomic E-state index is 12.0. The number of carbonyl (C=O) groups is 1. The largest absolute Gasteiger partial charge is 0.462 e. The van der Waals surface area contributed by atoms with Gasteiger partial charge in [0.1, 0.15) is 12.4 Å². The molecule has 2 atom stereocenters. The van der Waals surface area contributed by atoms with Crippen molar-refractivity contribution in [3.63, 3.8) is 0 Å². The number of aliphatic hydroxyl groups is 1. The zero-order chi connectivity index (χ0) is 24.2. The highest BCUT2D eigenvalue weighted by molar-refractivity contribution is 5.87. The van der Waals surface area contributed by atoms with Gasteiger partial charge in [-0.1, -0.05) is 24.8 Å². The monoisotopic (exact) mass is 465 g/mol. The second-order valence-corrected chi connectivity index (χ2v) is 9.21. The molecule has 2 saturated heterocycles. The van der Waals surface area contributed by atoms with E-state index < -0.39 is 6.10 Å². The lowest BCUT2D eigenvalue weighted by Crippen LogP contribution is -2.48. The number of likely N-dealkylation sites (N-methyl/N-ethyl adjacent to an activating group) is 1. The molecule has 1 amide bonds. The molecule has 0 aliphatic carbocycles. The summed E-state index contributed by atoms with van der Waals surface area (Å²) in [6.07, 6.45) is 3.09. The number of hydrogen-bond donors (Lipinski definition) is 1. The SMILES string of the molecule is C=CC(=O)N1CCN(c2nc(OC[C@@H]3CCCN3C)nc(-c3cccc(C(C)O)c3)c2C)CC1. The maximum Gasteiger partial charge on any atom is 0.319 e. The predicted molar refractivity (Wildman–Crippen MR) is 133 cm³/mol. The standard InChI is InChI=1S/C26H35N5O3/c1-5-23(33)30-12-14-31(15-13-30)25-18(2)24(21-9-6-8-20(16-21)19(3)32)27-26(28-25)34-17-22-10-7-11-29(22)4/h5-6,8-9,16,19,22,32H,1,7,10-15,17H2,2-4H3/t19?,22-/m0/s1. The Bertz CT molecular complexity index is 1030. The Morgan fingerprint density at radius 3 is 2.68 bits per heavy atom. The molecule has 182 valence electrons. The average Bonchev–Trinajstić information content (AvgIpc) is 3.27. The van der Waals surface area contributed by atoms with E-state index in [4.69, 9.17) is 14.7 Å². The van der Waals surface area contributed by atoms with E-state index in [-0.39, 0.29) is 5.91 Å². The Morgan fingerprint density at radius 2 is 2.03 bits per heavy atom.